The Morgan fingerprint density at radius 1 is 0.842 bits per heavy atom. The molecule has 0 saturated carbocycles. The Balaban J connectivity index is 3.17. The molecule has 0 bridgehead atoms. The topological polar surface area (TPSA) is 40.5 Å². The van der Waals surface area contributed by atoms with E-state index in [2.05, 4.69) is 0 Å². The highest BCUT2D eigenvalue weighted by atomic mass is 19.4. The highest BCUT2D eigenvalue weighted by Crippen LogP contribution is 2.36. The fourth-order valence-electron chi connectivity index (χ4n) is 1.46. The van der Waals surface area contributed by atoms with Gasteiger partial charge in [-0.2, -0.15) is 26.3 Å². The summed E-state index contributed by atoms with van der Waals surface area (Å²) in [7, 11) is -1.79. The molecule has 2 nitrogen and oxygen atoms in total. The smallest absolute Gasteiger partial charge is 0.427 e. The van der Waals surface area contributed by atoms with E-state index in [4.69, 9.17) is 10.0 Å². The predicted molar refractivity (Wildman–Crippen MR) is 55.1 cm³/mol. The van der Waals surface area contributed by atoms with Crippen LogP contribution in [-0.2, 0) is 18.8 Å². The maximum atomic E-state index is 12.5. The predicted octanol–water partition coefficient (Wildman–Crippen LogP) is 2.74. The molecule has 0 saturated heterocycles. The molecule has 0 amide bonds. The van der Waals surface area contributed by atoms with Crippen LogP contribution < -0.4 is 0 Å². The SMILES string of the molecule is OB(O)CCc1cc(C(F)(F)F)cc(C(F)(F)F)c1. The van der Waals surface area contributed by atoms with Crippen molar-refractivity contribution in [3.8, 4) is 0 Å². The lowest BCUT2D eigenvalue weighted by Gasteiger charge is -2.14. The molecule has 0 atom stereocenters. The molecule has 0 fully saturated rings. The first kappa shape index (κ1) is 15.8. The summed E-state index contributed by atoms with van der Waals surface area (Å²) in [6, 6.07) is 1.16. The monoisotopic (exact) mass is 286 g/mol. The number of rotatable bonds is 3. The minimum Gasteiger partial charge on any atom is -0.427 e. The van der Waals surface area contributed by atoms with Crippen molar-refractivity contribution in [3.63, 3.8) is 0 Å². The molecule has 1 rings (SSSR count). The third-order valence-electron chi connectivity index (χ3n) is 2.34. The van der Waals surface area contributed by atoms with Gasteiger partial charge in [-0.3, -0.25) is 0 Å². The van der Waals surface area contributed by atoms with Gasteiger partial charge in [0.1, 0.15) is 0 Å². The number of alkyl halides is 6. The molecule has 1 aromatic carbocycles. The number of aryl methyl sites for hydroxylation is 1. The van der Waals surface area contributed by atoms with Crippen molar-refractivity contribution < 1.29 is 36.4 Å². The van der Waals surface area contributed by atoms with Crippen molar-refractivity contribution >= 4 is 7.12 Å². The van der Waals surface area contributed by atoms with E-state index >= 15 is 0 Å². The maximum Gasteiger partial charge on any atom is 0.451 e. The zero-order valence-electron chi connectivity index (χ0n) is 9.39. The first-order valence-corrected chi connectivity index (χ1v) is 5.14. The fourth-order valence-corrected chi connectivity index (χ4v) is 1.46. The molecule has 0 aliphatic carbocycles. The Hall–Kier alpha value is -1.22. The van der Waals surface area contributed by atoms with E-state index in [1.54, 1.807) is 0 Å². The van der Waals surface area contributed by atoms with Gasteiger partial charge in [0.25, 0.3) is 0 Å². The number of hydrogen-bond acceptors (Lipinski definition) is 2. The molecule has 0 unspecified atom stereocenters. The van der Waals surface area contributed by atoms with E-state index < -0.39 is 30.6 Å². The number of benzene rings is 1. The Bertz CT molecular complexity index is 408. The van der Waals surface area contributed by atoms with Crippen LogP contribution in [0.3, 0.4) is 0 Å². The molecule has 0 aliphatic heterocycles. The molecule has 1 aromatic rings. The van der Waals surface area contributed by atoms with Crippen molar-refractivity contribution in [3.05, 3.63) is 34.9 Å². The molecule has 106 valence electrons. The summed E-state index contributed by atoms with van der Waals surface area (Å²) in [5.41, 5.74) is -3.08. The summed E-state index contributed by atoms with van der Waals surface area (Å²) >= 11 is 0. The number of hydrogen-bond donors (Lipinski definition) is 2. The highest BCUT2D eigenvalue weighted by molar-refractivity contribution is 6.40. The lowest BCUT2D eigenvalue weighted by molar-refractivity contribution is -0.143. The van der Waals surface area contributed by atoms with Crippen LogP contribution in [0.5, 0.6) is 0 Å². The largest absolute Gasteiger partial charge is 0.451 e. The van der Waals surface area contributed by atoms with Crippen molar-refractivity contribution in [2.24, 2.45) is 0 Å². The van der Waals surface area contributed by atoms with Crippen LogP contribution in [0, 0.1) is 0 Å². The quantitative estimate of drug-likeness (QED) is 0.662. The van der Waals surface area contributed by atoms with Gasteiger partial charge in [-0.25, -0.2) is 0 Å². The van der Waals surface area contributed by atoms with Gasteiger partial charge in [-0.05, 0) is 36.5 Å². The van der Waals surface area contributed by atoms with E-state index in [9.17, 15) is 26.3 Å². The first-order chi connectivity index (χ1) is 8.50. The summed E-state index contributed by atoms with van der Waals surface area (Å²) in [6.45, 7) is 0. The summed E-state index contributed by atoms with van der Waals surface area (Å²) < 4.78 is 74.8. The van der Waals surface area contributed by atoms with Gasteiger partial charge in [0.15, 0.2) is 0 Å². The maximum absolute atomic E-state index is 12.5. The Kier molecular flexibility index (Phi) is 4.52. The van der Waals surface area contributed by atoms with Crippen molar-refractivity contribution in [2.75, 3.05) is 0 Å². The molecule has 0 spiro atoms. The lowest BCUT2D eigenvalue weighted by Crippen LogP contribution is -2.14. The zero-order chi connectivity index (χ0) is 14.8. The van der Waals surface area contributed by atoms with Crippen molar-refractivity contribution in [1.29, 1.82) is 0 Å². The van der Waals surface area contributed by atoms with Crippen LogP contribution in [0.4, 0.5) is 26.3 Å². The van der Waals surface area contributed by atoms with Gasteiger partial charge < -0.3 is 10.0 Å². The van der Waals surface area contributed by atoms with Crippen LogP contribution >= 0.6 is 0 Å². The van der Waals surface area contributed by atoms with E-state index in [1.165, 1.54) is 0 Å². The molecular weight excluding hydrogens is 277 g/mol. The summed E-state index contributed by atoms with van der Waals surface area (Å²) in [6.07, 6.45) is -10.4. The third-order valence-corrected chi connectivity index (χ3v) is 2.34. The highest BCUT2D eigenvalue weighted by Gasteiger charge is 2.36. The van der Waals surface area contributed by atoms with Gasteiger partial charge in [0.2, 0.25) is 0 Å². The molecule has 2 N–H and O–H groups in total. The third kappa shape index (κ3) is 4.75. The minimum atomic E-state index is -4.89. The molecule has 0 aromatic heterocycles. The second-order valence-electron chi connectivity index (χ2n) is 3.93. The van der Waals surface area contributed by atoms with E-state index in [-0.39, 0.29) is 24.4 Å². The van der Waals surface area contributed by atoms with Gasteiger partial charge in [-0.15, -0.1) is 0 Å². The van der Waals surface area contributed by atoms with E-state index in [1.807, 2.05) is 0 Å². The second-order valence-corrected chi connectivity index (χ2v) is 3.93. The van der Waals surface area contributed by atoms with Crippen molar-refractivity contribution in [2.45, 2.75) is 25.1 Å². The molecule has 0 heterocycles. The summed E-state index contributed by atoms with van der Waals surface area (Å²) in [4.78, 5) is 0. The van der Waals surface area contributed by atoms with E-state index in [0.29, 0.717) is 12.1 Å². The Morgan fingerprint density at radius 3 is 1.58 bits per heavy atom. The second kappa shape index (κ2) is 5.42. The fraction of sp³-hybridized carbons (Fsp3) is 0.400. The number of halogens is 6. The molecular formula is C10H9BF6O2. The molecule has 0 aliphatic rings. The average Bonchev–Trinajstić information content (AvgIpc) is 2.23. The Morgan fingerprint density at radius 2 is 1.26 bits per heavy atom. The van der Waals surface area contributed by atoms with Gasteiger partial charge in [0.05, 0.1) is 11.1 Å². The normalized spacial score (nSPS) is 12.6. The van der Waals surface area contributed by atoms with Crippen LogP contribution in [-0.4, -0.2) is 17.2 Å². The summed E-state index contributed by atoms with van der Waals surface area (Å²) in [5, 5.41) is 17.2. The van der Waals surface area contributed by atoms with E-state index in [0.717, 1.165) is 0 Å². The van der Waals surface area contributed by atoms with Gasteiger partial charge >= 0.3 is 19.5 Å². The van der Waals surface area contributed by atoms with Gasteiger partial charge in [-0.1, -0.05) is 0 Å². The Labute approximate surface area is 104 Å². The summed E-state index contributed by atoms with van der Waals surface area (Å²) in [5.74, 6) is 0. The van der Waals surface area contributed by atoms with Crippen LogP contribution in [0.15, 0.2) is 18.2 Å². The van der Waals surface area contributed by atoms with Crippen LogP contribution in [0.25, 0.3) is 0 Å². The first-order valence-electron chi connectivity index (χ1n) is 5.14. The standard InChI is InChI=1S/C10H9BF6O2/c12-9(13,14)7-3-6(1-2-11(18)19)4-8(5-7)10(15,16)17/h3-5,18-19H,1-2H2. The zero-order valence-corrected chi connectivity index (χ0v) is 9.39. The minimum absolute atomic E-state index is 0.0267. The molecule has 9 heteroatoms. The average molecular weight is 286 g/mol. The lowest BCUT2D eigenvalue weighted by atomic mass is 9.82. The van der Waals surface area contributed by atoms with Crippen molar-refractivity contribution in [1.82, 2.24) is 0 Å². The van der Waals surface area contributed by atoms with Gasteiger partial charge in [0, 0.05) is 0 Å². The van der Waals surface area contributed by atoms with Crippen LogP contribution in [0.1, 0.15) is 16.7 Å². The van der Waals surface area contributed by atoms with Crippen LogP contribution in [0.2, 0.25) is 6.32 Å². The molecule has 0 radical (unpaired) electrons. The molecule has 19 heavy (non-hydrogen) atoms.